The smallest absolute Gasteiger partial charge is 0.329 e. The van der Waals surface area contributed by atoms with E-state index in [1.54, 1.807) is 6.07 Å². The molecule has 0 aliphatic rings. The Morgan fingerprint density at radius 1 is 1.25 bits per heavy atom. The normalized spacial score (nSPS) is 15.5. The highest BCUT2D eigenvalue weighted by Crippen LogP contribution is 2.32. The minimum absolute atomic E-state index is 0.0695. The molecule has 0 bridgehead atoms. The van der Waals surface area contributed by atoms with Gasteiger partial charge in [0.2, 0.25) is 0 Å². The lowest BCUT2D eigenvalue weighted by Crippen LogP contribution is -2.24. The number of nitrogens with two attached hydrogens (primary N) is 1. The summed E-state index contributed by atoms with van der Waals surface area (Å²) in [5.74, 6) is 0. The van der Waals surface area contributed by atoms with E-state index in [9.17, 15) is 17.4 Å². The van der Waals surface area contributed by atoms with Crippen LogP contribution in [-0.2, 0) is 9.73 Å². The van der Waals surface area contributed by atoms with Crippen LogP contribution in [0.2, 0.25) is 0 Å². The molecule has 90 valence electrons. The number of hydrogen-bond donors (Lipinski definition) is 1. The molecule has 0 unspecified atom stereocenters. The largest absolute Gasteiger partial charge is 0.483 e. The van der Waals surface area contributed by atoms with Crippen molar-refractivity contribution in [3.05, 3.63) is 30.3 Å². The zero-order valence-corrected chi connectivity index (χ0v) is 9.09. The highest BCUT2D eigenvalue weighted by Gasteiger charge is 2.44. The van der Waals surface area contributed by atoms with E-state index in [4.69, 9.17) is 5.73 Å². The maximum absolute atomic E-state index is 12.7. The van der Waals surface area contributed by atoms with Gasteiger partial charge in [0, 0.05) is 6.54 Å². The van der Waals surface area contributed by atoms with Gasteiger partial charge in [-0.25, -0.2) is 8.57 Å². The molecule has 1 rings (SSSR count). The van der Waals surface area contributed by atoms with Gasteiger partial charge >= 0.3 is 5.51 Å². The van der Waals surface area contributed by atoms with Crippen LogP contribution in [0.5, 0.6) is 0 Å². The molecule has 0 spiro atoms. The molecule has 0 saturated heterocycles. The molecule has 0 aromatic heterocycles. The van der Waals surface area contributed by atoms with Crippen molar-refractivity contribution < 1.29 is 17.4 Å². The summed E-state index contributed by atoms with van der Waals surface area (Å²) in [6, 6.07) is 6.62. The average Bonchev–Trinajstić information content (AvgIpc) is 2.25. The lowest BCUT2D eigenvalue weighted by molar-refractivity contribution is -0.0403. The lowest BCUT2D eigenvalue weighted by Gasteiger charge is -2.13. The number of nitrogens with zero attached hydrogens (tertiary/aromatic N) is 1. The molecule has 1 aromatic carbocycles. The molecule has 3 nitrogen and oxygen atoms in total. The molecule has 0 heterocycles. The van der Waals surface area contributed by atoms with Crippen LogP contribution < -0.4 is 5.73 Å². The molecular weight excluding hydrogens is 241 g/mol. The van der Waals surface area contributed by atoms with Crippen molar-refractivity contribution in [2.24, 2.45) is 10.1 Å². The van der Waals surface area contributed by atoms with Crippen molar-refractivity contribution in [3.63, 3.8) is 0 Å². The molecule has 1 atom stereocenters. The molecule has 1 aromatic rings. The third-order valence-corrected chi connectivity index (χ3v) is 3.86. The minimum atomic E-state index is -4.89. The summed E-state index contributed by atoms with van der Waals surface area (Å²) in [6.45, 7) is -0.354. The molecule has 0 radical (unpaired) electrons. The quantitative estimate of drug-likeness (QED) is 0.894. The molecule has 0 saturated carbocycles. The van der Waals surface area contributed by atoms with Crippen LogP contribution in [0.25, 0.3) is 0 Å². The maximum atomic E-state index is 12.7. The third kappa shape index (κ3) is 2.53. The molecule has 0 amide bonds. The van der Waals surface area contributed by atoms with E-state index in [-0.39, 0.29) is 18.0 Å². The van der Waals surface area contributed by atoms with E-state index < -0.39 is 15.2 Å². The zero-order valence-electron chi connectivity index (χ0n) is 8.28. The van der Waals surface area contributed by atoms with Crippen LogP contribution >= 0.6 is 0 Å². The minimum Gasteiger partial charge on any atom is -0.329 e. The van der Waals surface area contributed by atoms with Crippen molar-refractivity contribution in [1.29, 1.82) is 0 Å². The van der Waals surface area contributed by atoms with Gasteiger partial charge in [0.05, 0.1) is 11.4 Å². The van der Waals surface area contributed by atoms with Gasteiger partial charge in [-0.1, -0.05) is 18.2 Å². The predicted molar refractivity (Wildman–Crippen MR) is 55.3 cm³/mol. The Labute approximate surface area is 91.6 Å². The molecule has 0 fully saturated rings. The Morgan fingerprint density at radius 2 is 1.81 bits per heavy atom. The van der Waals surface area contributed by atoms with E-state index in [1.807, 2.05) is 0 Å². The molecule has 16 heavy (non-hydrogen) atoms. The summed E-state index contributed by atoms with van der Waals surface area (Å²) >= 11 is 0. The predicted octanol–water partition coefficient (Wildman–Crippen LogP) is 1.99. The number of benzene rings is 1. The summed E-state index contributed by atoms with van der Waals surface area (Å²) in [7, 11) is -4.40. The van der Waals surface area contributed by atoms with Crippen molar-refractivity contribution in [1.82, 2.24) is 0 Å². The highest BCUT2D eigenvalue weighted by molar-refractivity contribution is 7.94. The van der Waals surface area contributed by atoms with E-state index in [0.29, 0.717) is 0 Å². The Morgan fingerprint density at radius 3 is 2.25 bits per heavy atom. The molecule has 0 aliphatic carbocycles. The second-order valence-corrected chi connectivity index (χ2v) is 5.17. The second kappa shape index (κ2) is 4.84. The number of halogens is 3. The first-order valence-corrected chi connectivity index (χ1v) is 5.97. The first-order valence-electron chi connectivity index (χ1n) is 4.46. The van der Waals surface area contributed by atoms with Gasteiger partial charge in [0.15, 0.2) is 9.73 Å². The van der Waals surface area contributed by atoms with E-state index in [2.05, 4.69) is 4.36 Å². The number of alkyl halides is 3. The monoisotopic (exact) mass is 252 g/mol. The topological polar surface area (TPSA) is 55.4 Å². The fourth-order valence-corrected chi connectivity index (χ4v) is 2.52. The van der Waals surface area contributed by atoms with Crippen LogP contribution in [0, 0.1) is 0 Å². The van der Waals surface area contributed by atoms with Crippen LogP contribution in [0.1, 0.15) is 0 Å². The van der Waals surface area contributed by atoms with Gasteiger partial charge in [-0.2, -0.15) is 13.2 Å². The maximum Gasteiger partial charge on any atom is 0.483 e. The van der Waals surface area contributed by atoms with Crippen LogP contribution in [0.4, 0.5) is 13.2 Å². The molecule has 0 aliphatic heterocycles. The lowest BCUT2D eigenvalue weighted by atomic mass is 10.4. The van der Waals surface area contributed by atoms with Crippen LogP contribution in [-0.4, -0.2) is 22.8 Å². The van der Waals surface area contributed by atoms with Gasteiger partial charge in [-0.15, -0.1) is 0 Å². The summed E-state index contributed by atoms with van der Waals surface area (Å²) < 4.78 is 53.1. The number of hydrogen-bond acceptors (Lipinski definition) is 3. The third-order valence-electron chi connectivity index (χ3n) is 1.78. The van der Waals surface area contributed by atoms with Crippen molar-refractivity contribution in [2.75, 3.05) is 13.1 Å². The van der Waals surface area contributed by atoms with Crippen molar-refractivity contribution >= 4 is 9.73 Å². The van der Waals surface area contributed by atoms with Crippen molar-refractivity contribution in [2.45, 2.75) is 10.4 Å². The van der Waals surface area contributed by atoms with Gasteiger partial charge in [0.1, 0.15) is 0 Å². The Bertz CT molecular complexity index is 450. The Kier molecular flexibility index (Phi) is 3.93. The first-order chi connectivity index (χ1) is 7.42. The Balaban J connectivity index is 3.34. The van der Waals surface area contributed by atoms with Gasteiger partial charge in [-0.05, 0) is 12.1 Å². The fraction of sp³-hybridized carbons (Fsp3) is 0.333. The fourth-order valence-electron chi connectivity index (χ4n) is 1.07. The summed E-state index contributed by atoms with van der Waals surface area (Å²) in [6.07, 6.45) is 0. The SMILES string of the molecule is NCCN=[S@@](=O)(c1ccccc1)C(F)(F)F. The van der Waals surface area contributed by atoms with E-state index in [0.717, 1.165) is 12.1 Å². The van der Waals surface area contributed by atoms with Gasteiger partial charge in [-0.3, -0.25) is 0 Å². The Hall–Kier alpha value is -1.08. The molecule has 2 N–H and O–H groups in total. The van der Waals surface area contributed by atoms with E-state index >= 15 is 0 Å². The summed E-state index contributed by atoms with van der Waals surface area (Å²) in [5, 5.41) is 0. The highest BCUT2D eigenvalue weighted by atomic mass is 32.2. The first kappa shape index (κ1) is 13.0. The van der Waals surface area contributed by atoms with Gasteiger partial charge in [0.25, 0.3) is 0 Å². The van der Waals surface area contributed by atoms with Crippen LogP contribution in [0.3, 0.4) is 0 Å². The molecular formula is C9H11F3N2OS. The number of rotatable bonds is 3. The second-order valence-electron chi connectivity index (χ2n) is 2.93. The average molecular weight is 252 g/mol. The zero-order chi connectivity index (χ0) is 12.2. The summed E-state index contributed by atoms with van der Waals surface area (Å²) in [4.78, 5) is -0.337. The summed E-state index contributed by atoms with van der Waals surface area (Å²) in [5.41, 5.74) is 0.185. The molecule has 7 heteroatoms. The van der Waals surface area contributed by atoms with E-state index in [1.165, 1.54) is 12.1 Å². The standard InChI is InChI=1S/C9H11F3N2OS/c10-9(11,12)16(15,14-7-6-13)8-4-2-1-3-5-8/h1-5H,6-7,13H2/t16-/m1/s1. The van der Waals surface area contributed by atoms with Crippen molar-refractivity contribution in [3.8, 4) is 0 Å². The van der Waals surface area contributed by atoms with Gasteiger partial charge < -0.3 is 5.73 Å². The van der Waals surface area contributed by atoms with Crippen LogP contribution in [0.15, 0.2) is 39.6 Å².